The van der Waals surface area contributed by atoms with Gasteiger partial charge in [-0.2, -0.15) is 4.31 Å². The molecule has 2 aromatic rings. The Morgan fingerprint density at radius 1 is 1.12 bits per heavy atom. The fourth-order valence-electron chi connectivity index (χ4n) is 3.79. The summed E-state index contributed by atoms with van der Waals surface area (Å²) >= 11 is 0. The number of hydrogen-bond donors (Lipinski definition) is 2. The molecule has 0 amide bonds. The van der Waals surface area contributed by atoms with Crippen LogP contribution in [0.5, 0.6) is 0 Å². The molecule has 0 aliphatic carbocycles. The molecule has 32 heavy (non-hydrogen) atoms. The van der Waals surface area contributed by atoms with Gasteiger partial charge in [-0.1, -0.05) is 37.6 Å². The highest BCUT2D eigenvalue weighted by atomic mass is 127. The number of aryl methyl sites for hydroxylation is 2. The number of piperidine rings is 1. The van der Waals surface area contributed by atoms with E-state index in [2.05, 4.69) is 27.7 Å². The van der Waals surface area contributed by atoms with E-state index < -0.39 is 10.0 Å². The van der Waals surface area contributed by atoms with Gasteiger partial charge in [0.1, 0.15) is 5.76 Å². The van der Waals surface area contributed by atoms with Crippen LogP contribution in [0.15, 0.2) is 38.7 Å². The van der Waals surface area contributed by atoms with Gasteiger partial charge in [-0.15, -0.1) is 24.0 Å². The van der Waals surface area contributed by atoms with Crippen molar-refractivity contribution in [2.45, 2.75) is 63.9 Å². The Kier molecular flexibility index (Phi) is 10.4. The van der Waals surface area contributed by atoms with Crippen molar-refractivity contribution in [3.05, 3.63) is 46.8 Å². The van der Waals surface area contributed by atoms with Gasteiger partial charge < -0.3 is 15.2 Å². The quantitative estimate of drug-likeness (QED) is 0.284. The van der Waals surface area contributed by atoms with E-state index in [1.54, 1.807) is 29.6 Å². The van der Waals surface area contributed by atoms with E-state index in [1.807, 2.05) is 13.0 Å². The lowest BCUT2D eigenvalue weighted by Gasteiger charge is -2.26. The summed E-state index contributed by atoms with van der Waals surface area (Å²) in [5, 5.41) is 10.7. The predicted molar refractivity (Wildman–Crippen MR) is 137 cm³/mol. The second kappa shape index (κ2) is 12.5. The van der Waals surface area contributed by atoms with Crippen molar-refractivity contribution in [1.29, 1.82) is 0 Å². The zero-order valence-electron chi connectivity index (χ0n) is 19.1. The summed E-state index contributed by atoms with van der Waals surface area (Å²) < 4.78 is 32.9. The zero-order valence-corrected chi connectivity index (χ0v) is 22.2. The molecule has 1 aliphatic rings. The Morgan fingerprint density at radius 2 is 1.84 bits per heavy atom. The molecule has 0 bridgehead atoms. The molecule has 10 heteroatoms. The SMILES string of the molecule is CCc1noc(CC)c1CNC(=NC)NCc1cccc(S(=O)(=O)N2CCCCC2)c1.I. The van der Waals surface area contributed by atoms with Gasteiger partial charge in [0.05, 0.1) is 10.6 Å². The van der Waals surface area contributed by atoms with Crippen molar-refractivity contribution >= 4 is 40.0 Å². The van der Waals surface area contributed by atoms with E-state index in [-0.39, 0.29) is 24.0 Å². The van der Waals surface area contributed by atoms with E-state index in [0.29, 0.717) is 37.0 Å². The van der Waals surface area contributed by atoms with Crippen LogP contribution in [0.3, 0.4) is 0 Å². The number of sulfonamides is 1. The molecular weight excluding hydrogens is 541 g/mol. The fourth-order valence-corrected chi connectivity index (χ4v) is 5.37. The van der Waals surface area contributed by atoms with E-state index in [1.165, 1.54) is 0 Å². The van der Waals surface area contributed by atoms with E-state index >= 15 is 0 Å². The summed E-state index contributed by atoms with van der Waals surface area (Å²) in [5.41, 5.74) is 2.91. The maximum atomic E-state index is 12.9. The third kappa shape index (κ3) is 6.44. The normalized spacial score (nSPS) is 15.3. The summed E-state index contributed by atoms with van der Waals surface area (Å²) in [7, 11) is -1.73. The first-order chi connectivity index (χ1) is 15.0. The Balaban J connectivity index is 0.00000363. The predicted octanol–water partition coefficient (Wildman–Crippen LogP) is 3.46. The molecule has 1 saturated heterocycles. The minimum absolute atomic E-state index is 0. The zero-order chi connectivity index (χ0) is 22.3. The molecule has 0 radical (unpaired) electrons. The Hall–Kier alpha value is -1.66. The second-order valence-corrected chi connectivity index (χ2v) is 9.57. The molecule has 1 fully saturated rings. The largest absolute Gasteiger partial charge is 0.361 e. The summed E-state index contributed by atoms with van der Waals surface area (Å²) in [6.07, 6.45) is 4.54. The first-order valence-corrected chi connectivity index (χ1v) is 12.4. The summed E-state index contributed by atoms with van der Waals surface area (Å²) in [6.45, 7) is 6.33. The molecule has 0 atom stereocenters. The summed E-state index contributed by atoms with van der Waals surface area (Å²) in [6, 6.07) is 7.13. The molecular formula is C22H34IN5O3S. The number of benzene rings is 1. The number of guanidine groups is 1. The molecule has 2 heterocycles. The number of nitrogens with zero attached hydrogens (tertiary/aromatic N) is 3. The lowest BCUT2D eigenvalue weighted by atomic mass is 10.1. The highest BCUT2D eigenvalue weighted by Gasteiger charge is 2.25. The van der Waals surface area contributed by atoms with Gasteiger partial charge in [0.25, 0.3) is 0 Å². The Labute approximate surface area is 208 Å². The third-order valence-electron chi connectivity index (χ3n) is 5.57. The third-order valence-corrected chi connectivity index (χ3v) is 7.47. The van der Waals surface area contributed by atoms with E-state index in [9.17, 15) is 8.42 Å². The van der Waals surface area contributed by atoms with Crippen LogP contribution < -0.4 is 10.6 Å². The first-order valence-electron chi connectivity index (χ1n) is 11.0. The van der Waals surface area contributed by atoms with Crippen molar-refractivity contribution in [2.24, 2.45) is 4.99 Å². The Morgan fingerprint density at radius 3 is 2.50 bits per heavy atom. The molecule has 0 unspecified atom stereocenters. The summed E-state index contributed by atoms with van der Waals surface area (Å²) in [4.78, 5) is 4.62. The van der Waals surface area contributed by atoms with Gasteiger partial charge >= 0.3 is 0 Å². The topological polar surface area (TPSA) is 99.8 Å². The van der Waals surface area contributed by atoms with Crippen molar-refractivity contribution < 1.29 is 12.9 Å². The molecule has 0 saturated carbocycles. The second-order valence-electron chi connectivity index (χ2n) is 7.63. The maximum Gasteiger partial charge on any atom is 0.243 e. The standard InChI is InChI=1S/C22H33N5O3S.HI/c1-4-20-19(21(5-2)30-26-20)16-25-22(23-3)24-15-17-10-9-11-18(14-17)31(28,29)27-12-7-6-8-13-27;/h9-11,14H,4-8,12-13,15-16H2,1-3H3,(H2,23,24,25);1H. The van der Waals surface area contributed by atoms with Crippen LogP contribution in [0.4, 0.5) is 0 Å². The molecule has 178 valence electrons. The number of aromatic nitrogens is 1. The number of halogens is 1. The van der Waals surface area contributed by atoms with Gasteiger partial charge in [0, 0.05) is 45.2 Å². The van der Waals surface area contributed by atoms with E-state index in [0.717, 1.165) is 54.7 Å². The van der Waals surface area contributed by atoms with Crippen molar-refractivity contribution in [1.82, 2.24) is 20.1 Å². The highest BCUT2D eigenvalue weighted by molar-refractivity contribution is 14.0. The van der Waals surface area contributed by atoms with Gasteiger partial charge in [-0.3, -0.25) is 4.99 Å². The van der Waals surface area contributed by atoms with Crippen LogP contribution in [0, 0.1) is 0 Å². The van der Waals surface area contributed by atoms with Gasteiger partial charge in [0.15, 0.2) is 5.96 Å². The molecule has 8 nitrogen and oxygen atoms in total. The average molecular weight is 576 g/mol. The molecule has 3 rings (SSSR count). The molecule has 2 N–H and O–H groups in total. The summed E-state index contributed by atoms with van der Waals surface area (Å²) in [5.74, 6) is 1.52. The molecule has 1 aliphatic heterocycles. The van der Waals surface area contributed by atoms with Crippen LogP contribution in [0.2, 0.25) is 0 Å². The first kappa shape index (κ1) is 26.6. The number of aliphatic imine (C=N–C) groups is 1. The lowest BCUT2D eigenvalue weighted by Crippen LogP contribution is -2.37. The minimum Gasteiger partial charge on any atom is -0.361 e. The fraction of sp³-hybridized carbons (Fsp3) is 0.545. The molecule has 1 aromatic carbocycles. The minimum atomic E-state index is -3.44. The average Bonchev–Trinajstić information content (AvgIpc) is 3.22. The number of rotatable bonds is 8. The van der Waals surface area contributed by atoms with Gasteiger partial charge in [0.2, 0.25) is 10.0 Å². The monoisotopic (exact) mass is 575 g/mol. The van der Waals surface area contributed by atoms with E-state index in [4.69, 9.17) is 4.52 Å². The number of hydrogen-bond acceptors (Lipinski definition) is 5. The number of nitrogens with one attached hydrogen (secondary N) is 2. The van der Waals surface area contributed by atoms with Crippen LogP contribution in [0.1, 0.15) is 55.7 Å². The van der Waals surface area contributed by atoms with Crippen molar-refractivity contribution in [2.75, 3.05) is 20.1 Å². The maximum absolute atomic E-state index is 12.9. The van der Waals surface area contributed by atoms with Gasteiger partial charge in [-0.25, -0.2) is 8.42 Å². The highest BCUT2D eigenvalue weighted by Crippen LogP contribution is 2.21. The van der Waals surface area contributed by atoms with Crippen molar-refractivity contribution in [3.63, 3.8) is 0 Å². The molecule has 1 aromatic heterocycles. The van der Waals surface area contributed by atoms with Crippen LogP contribution in [-0.2, 0) is 36.0 Å². The lowest BCUT2D eigenvalue weighted by molar-refractivity contribution is 0.346. The molecule has 0 spiro atoms. The van der Waals surface area contributed by atoms with Crippen LogP contribution >= 0.6 is 24.0 Å². The smallest absolute Gasteiger partial charge is 0.243 e. The van der Waals surface area contributed by atoms with Crippen LogP contribution in [-0.4, -0.2) is 44.0 Å². The van der Waals surface area contributed by atoms with Crippen LogP contribution in [0.25, 0.3) is 0 Å². The van der Waals surface area contributed by atoms with Crippen molar-refractivity contribution in [3.8, 4) is 0 Å². The van der Waals surface area contributed by atoms with Gasteiger partial charge in [-0.05, 0) is 37.0 Å². The Bertz CT molecular complexity index is 979.